The number of hydrogen-bond donors (Lipinski definition) is 1. The molecule has 1 unspecified atom stereocenters. The first kappa shape index (κ1) is 18.0. The van der Waals surface area contributed by atoms with Gasteiger partial charge in [0.2, 0.25) is 0 Å². The van der Waals surface area contributed by atoms with Gasteiger partial charge in [0.1, 0.15) is 5.75 Å². The summed E-state index contributed by atoms with van der Waals surface area (Å²) < 4.78 is 10.7. The lowest BCUT2D eigenvalue weighted by atomic mass is 10.1. The van der Waals surface area contributed by atoms with E-state index in [1.807, 2.05) is 19.1 Å². The van der Waals surface area contributed by atoms with Gasteiger partial charge < -0.3 is 14.8 Å². The van der Waals surface area contributed by atoms with Gasteiger partial charge in [-0.15, -0.1) is 0 Å². The first-order valence-corrected chi connectivity index (χ1v) is 8.93. The zero-order chi connectivity index (χ0) is 18.5. The zero-order valence-electron chi connectivity index (χ0n) is 15.1. The summed E-state index contributed by atoms with van der Waals surface area (Å²) in [5.74, 6) is -0.112. The molecule has 2 aromatic rings. The molecular weight excluding hydrogens is 330 g/mol. The Morgan fingerprint density at radius 1 is 1.08 bits per heavy atom. The van der Waals surface area contributed by atoms with Gasteiger partial charge in [-0.05, 0) is 80.6 Å². The molecule has 26 heavy (non-hydrogen) atoms. The van der Waals surface area contributed by atoms with Crippen molar-refractivity contribution in [1.29, 1.82) is 0 Å². The number of carbonyl (C=O) groups excluding carboxylic acids is 2. The van der Waals surface area contributed by atoms with Crippen molar-refractivity contribution in [3.63, 3.8) is 0 Å². The summed E-state index contributed by atoms with van der Waals surface area (Å²) in [5.41, 5.74) is 3.61. The summed E-state index contributed by atoms with van der Waals surface area (Å²) in [6.45, 7) is 4.06. The molecule has 5 heteroatoms. The van der Waals surface area contributed by atoms with E-state index in [2.05, 4.69) is 5.32 Å². The molecule has 0 aromatic heterocycles. The molecule has 5 nitrogen and oxygen atoms in total. The number of nitrogens with one attached hydrogen (secondary N) is 1. The van der Waals surface area contributed by atoms with E-state index in [9.17, 15) is 9.59 Å². The van der Waals surface area contributed by atoms with E-state index in [1.54, 1.807) is 37.3 Å². The van der Waals surface area contributed by atoms with Crippen molar-refractivity contribution in [1.82, 2.24) is 0 Å². The van der Waals surface area contributed by atoms with Gasteiger partial charge in [-0.1, -0.05) is 6.07 Å². The van der Waals surface area contributed by atoms with Crippen LogP contribution in [0.3, 0.4) is 0 Å². The number of esters is 1. The maximum Gasteiger partial charge on any atom is 0.338 e. The third-order valence-electron chi connectivity index (χ3n) is 4.42. The zero-order valence-corrected chi connectivity index (χ0v) is 15.1. The van der Waals surface area contributed by atoms with Crippen LogP contribution in [0.5, 0.6) is 5.75 Å². The normalized spacial score (nSPS) is 13.6. The smallest absolute Gasteiger partial charge is 0.338 e. The summed E-state index contributed by atoms with van der Waals surface area (Å²) in [5, 5.41) is 2.74. The van der Waals surface area contributed by atoms with Crippen LogP contribution in [-0.4, -0.2) is 24.6 Å². The fourth-order valence-corrected chi connectivity index (χ4v) is 3.03. The van der Waals surface area contributed by atoms with Crippen LogP contribution >= 0.6 is 0 Å². The van der Waals surface area contributed by atoms with Gasteiger partial charge in [-0.2, -0.15) is 0 Å². The third kappa shape index (κ3) is 4.23. The Bertz CT molecular complexity index is 798. The summed E-state index contributed by atoms with van der Waals surface area (Å²) in [7, 11) is 0. The molecule has 0 aliphatic heterocycles. The minimum atomic E-state index is -0.887. The fourth-order valence-electron chi connectivity index (χ4n) is 3.03. The van der Waals surface area contributed by atoms with Gasteiger partial charge in [0, 0.05) is 5.69 Å². The average molecular weight is 353 g/mol. The molecule has 1 aliphatic rings. The van der Waals surface area contributed by atoms with Gasteiger partial charge in [0.25, 0.3) is 5.91 Å². The lowest BCUT2D eigenvalue weighted by Gasteiger charge is -2.14. The molecule has 0 heterocycles. The second-order valence-corrected chi connectivity index (χ2v) is 6.33. The summed E-state index contributed by atoms with van der Waals surface area (Å²) in [4.78, 5) is 24.6. The molecule has 1 aliphatic carbocycles. The highest BCUT2D eigenvalue weighted by molar-refractivity contribution is 5.97. The van der Waals surface area contributed by atoms with Crippen LogP contribution in [0.25, 0.3) is 0 Å². The summed E-state index contributed by atoms with van der Waals surface area (Å²) in [6, 6.07) is 12.7. The van der Waals surface area contributed by atoms with E-state index < -0.39 is 12.1 Å². The predicted octanol–water partition coefficient (Wildman–Crippen LogP) is 3.76. The third-order valence-corrected chi connectivity index (χ3v) is 4.42. The van der Waals surface area contributed by atoms with Crippen molar-refractivity contribution in [2.45, 2.75) is 39.2 Å². The molecule has 136 valence electrons. The number of fused-ring (bicyclic) bond motifs is 1. The lowest BCUT2D eigenvalue weighted by molar-refractivity contribution is -0.123. The first-order valence-electron chi connectivity index (χ1n) is 8.93. The van der Waals surface area contributed by atoms with Crippen molar-refractivity contribution >= 4 is 17.6 Å². The fraction of sp³-hybridized carbons (Fsp3) is 0.333. The summed E-state index contributed by atoms with van der Waals surface area (Å²) >= 11 is 0. The molecule has 2 aromatic carbocycles. The number of anilines is 1. The lowest BCUT2D eigenvalue weighted by Crippen LogP contribution is -2.30. The quantitative estimate of drug-likeness (QED) is 0.803. The van der Waals surface area contributed by atoms with Crippen LogP contribution in [-0.2, 0) is 22.4 Å². The van der Waals surface area contributed by atoms with Gasteiger partial charge in [-0.25, -0.2) is 4.79 Å². The number of hydrogen-bond acceptors (Lipinski definition) is 4. The Hall–Kier alpha value is -2.82. The van der Waals surface area contributed by atoms with E-state index in [-0.39, 0.29) is 5.91 Å². The van der Waals surface area contributed by atoms with Crippen LogP contribution in [0.2, 0.25) is 0 Å². The second kappa shape index (κ2) is 8.04. The monoisotopic (exact) mass is 353 g/mol. The highest BCUT2D eigenvalue weighted by atomic mass is 16.5. The van der Waals surface area contributed by atoms with Gasteiger partial charge in [-0.3, -0.25) is 4.79 Å². The van der Waals surface area contributed by atoms with Crippen LogP contribution < -0.4 is 10.1 Å². The first-order chi connectivity index (χ1) is 12.6. The number of amides is 1. The number of aryl methyl sites for hydroxylation is 2. The minimum Gasteiger partial charge on any atom is -0.494 e. The number of benzene rings is 2. The van der Waals surface area contributed by atoms with Gasteiger partial charge in [0.05, 0.1) is 12.2 Å². The van der Waals surface area contributed by atoms with E-state index in [1.165, 1.54) is 11.1 Å². The van der Waals surface area contributed by atoms with Crippen LogP contribution in [0.4, 0.5) is 5.69 Å². The summed E-state index contributed by atoms with van der Waals surface area (Å²) in [6.07, 6.45) is 2.28. The van der Waals surface area contributed by atoms with Crippen molar-refractivity contribution in [3.05, 3.63) is 59.2 Å². The molecule has 0 radical (unpaired) electrons. The van der Waals surface area contributed by atoms with Crippen LogP contribution in [0, 0.1) is 0 Å². The Balaban J connectivity index is 1.57. The van der Waals surface area contributed by atoms with Crippen LogP contribution in [0.15, 0.2) is 42.5 Å². The Kier molecular flexibility index (Phi) is 5.56. The van der Waals surface area contributed by atoms with Crippen molar-refractivity contribution in [2.75, 3.05) is 11.9 Å². The SMILES string of the molecule is CCOc1ccc(NC(=O)C(C)OC(=O)c2ccc3c(c2)CCC3)cc1. The van der Waals surface area contributed by atoms with Crippen molar-refractivity contribution < 1.29 is 19.1 Å². The molecule has 0 fully saturated rings. The van der Waals surface area contributed by atoms with Gasteiger partial charge >= 0.3 is 5.97 Å². The Morgan fingerprint density at radius 3 is 2.54 bits per heavy atom. The highest BCUT2D eigenvalue weighted by Gasteiger charge is 2.20. The molecular formula is C21H23NO4. The molecule has 0 saturated carbocycles. The molecule has 0 bridgehead atoms. The van der Waals surface area contributed by atoms with Crippen molar-refractivity contribution in [2.24, 2.45) is 0 Å². The molecule has 1 atom stereocenters. The van der Waals surface area contributed by atoms with Gasteiger partial charge in [0.15, 0.2) is 6.10 Å². The topological polar surface area (TPSA) is 64.6 Å². The predicted molar refractivity (Wildman–Crippen MR) is 99.6 cm³/mol. The maximum atomic E-state index is 12.3. The van der Waals surface area contributed by atoms with E-state index >= 15 is 0 Å². The minimum absolute atomic E-state index is 0.372. The Labute approximate surface area is 153 Å². The van der Waals surface area contributed by atoms with Crippen molar-refractivity contribution in [3.8, 4) is 5.75 Å². The Morgan fingerprint density at radius 2 is 1.81 bits per heavy atom. The molecule has 3 rings (SSSR count). The van der Waals surface area contributed by atoms with E-state index in [0.29, 0.717) is 17.9 Å². The number of carbonyl (C=O) groups is 2. The van der Waals surface area contributed by atoms with E-state index in [0.717, 1.165) is 25.0 Å². The molecule has 0 spiro atoms. The van der Waals surface area contributed by atoms with Crippen LogP contribution in [0.1, 0.15) is 41.8 Å². The second-order valence-electron chi connectivity index (χ2n) is 6.33. The molecule has 1 amide bonds. The number of rotatable bonds is 6. The standard InChI is InChI=1S/C21H23NO4/c1-3-25-19-11-9-18(10-12-19)22-20(23)14(2)26-21(24)17-8-7-15-5-4-6-16(15)13-17/h7-14H,3-6H2,1-2H3,(H,22,23). The largest absolute Gasteiger partial charge is 0.494 e. The average Bonchev–Trinajstić information content (AvgIpc) is 3.11. The molecule has 0 saturated heterocycles. The molecule has 1 N–H and O–H groups in total. The van der Waals surface area contributed by atoms with E-state index in [4.69, 9.17) is 9.47 Å². The number of ether oxygens (including phenoxy) is 2. The highest BCUT2D eigenvalue weighted by Crippen LogP contribution is 2.23. The maximum absolute atomic E-state index is 12.3.